The molecule has 1 N–H and O–H groups in total. The molecular formula is C16H23N3OS. The van der Waals surface area contributed by atoms with Gasteiger partial charge in [-0.15, -0.1) is 11.3 Å². The van der Waals surface area contributed by atoms with E-state index in [0.717, 1.165) is 34.7 Å². The van der Waals surface area contributed by atoms with E-state index in [9.17, 15) is 0 Å². The van der Waals surface area contributed by atoms with Crippen LogP contribution in [0.1, 0.15) is 48.9 Å². The largest absolute Gasteiger partial charge is 0.372 e. The summed E-state index contributed by atoms with van der Waals surface area (Å²) in [6.07, 6.45) is 4.44. The average molecular weight is 305 g/mol. The first-order valence-corrected chi connectivity index (χ1v) is 8.53. The minimum absolute atomic E-state index is 0.277. The molecule has 0 bridgehead atoms. The lowest BCUT2D eigenvalue weighted by atomic mass is 10.0. The summed E-state index contributed by atoms with van der Waals surface area (Å²) in [5, 5.41) is 4.41. The van der Waals surface area contributed by atoms with Crippen LogP contribution in [0.4, 0.5) is 5.82 Å². The van der Waals surface area contributed by atoms with Gasteiger partial charge in [0.15, 0.2) is 5.82 Å². The highest BCUT2D eigenvalue weighted by Crippen LogP contribution is 2.43. The number of rotatable bonds is 4. The molecule has 1 saturated carbocycles. The Labute approximate surface area is 129 Å². The summed E-state index contributed by atoms with van der Waals surface area (Å²) >= 11 is 1.75. The Morgan fingerprint density at radius 1 is 1.24 bits per heavy atom. The van der Waals surface area contributed by atoms with Crippen LogP contribution in [0.5, 0.6) is 0 Å². The minimum Gasteiger partial charge on any atom is -0.372 e. The van der Waals surface area contributed by atoms with E-state index >= 15 is 0 Å². The maximum absolute atomic E-state index is 6.11. The van der Waals surface area contributed by atoms with Gasteiger partial charge >= 0.3 is 0 Å². The van der Waals surface area contributed by atoms with Gasteiger partial charge in [-0.25, -0.2) is 9.97 Å². The van der Waals surface area contributed by atoms with Gasteiger partial charge < -0.3 is 10.1 Å². The van der Waals surface area contributed by atoms with E-state index in [0.29, 0.717) is 6.61 Å². The zero-order valence-corrected chi connectivity index (χ0v) is 14.1. The fraction of sp³-hybridized carbons (Fsp3) is 0.625. The molecule has 4 nitrogen and oxygen atoms in total. The van der Waals surface area contributed by atoms with Crippen LogP contribution in [0.2, 0.25) is 0 Å². The number of fused-ring (bicyclic) bond motifs is 1. The summed E-state index contributed by atoms with van der Waals surface area (Å²) in [6.45, 7) is 7.05. The van der Waals surface area contributed by atoms with Crippen molar-refractivity contribution in [2.45, 2.75) is 52.1 Å². The van der Waals surface area contributed by atoms with Crippen molar-refractivity contribution in [2.24, 2.45) is 0 Å². The summed E-state index contributed by atoms with van der Waals surface area (Å²) in [6, 6.07) is 0. The van der Waals surface area contributed by atoms with Crippen molar-refractivity contribution in [3.05, 3.63) is 16.3 Å². The monoisotopic (exact) mass is 305 g/mol. The summed E-state index contributed by atoms with van der Waals surface area (Å²) in [4.78, 5) is 12.1. The second-order valence-corrected chi connectivity index (χ2v) is 6.95. The maximum Gasteiger partial charge on any atom is 0.164 e. The predicted octanol–water partition coefficient (Wildman–Crippen LogP) is 4.16. The van der Waals surface area contributed by atoms with E-state index in [1.54, 1.807) is 11.3 Å². The molecule has 0 amide bonds. The molecule has 0 radical (unpaired) electrons. The summed E-state index contributed by atoms with van der Waals surface area (Å²) < 4.78 is 6.11. The lowest BCUT2D eigenvalue weighted by molar-refractivity contribution is -0.0453. The number of thiophene rings is 1. The predicted molar refractivity (Wildman–Crippen MR) is 88.2 cm³/mol. The Balaban J connectivity index is 2.19. The Hall–Kier alpha value is -1.20. The van der Waals surface area contributed by atoms with Crippen molar-refractivity contribution in [1.82, 2.24) is 9.97 Å². The Morgan fingerprint density at radius 2 is 1.95 bits per heavy atom. The van der Waals surface area contributed by atoms with Crippen LogP contribution in [0.3, 0.4) is 0 Å². The van der Waals surface area contributed by atoms with Gasteiger partial charge in [-0.1, -0.05) is 0 Å². The van der Waals surface area contributed by atoms with Gasteiger partial charge in [0.1, 0.15) is 16.2 Å². The summed E-state index contributed by atoms with van der Waals surface area (Å²) in [5.41, 5.74) is 1.00. The van der Waals surface area contributed by atoms with Crippen molar-refractivity contribution >= 4 is 27.4 Å². The van der Waals surface area contributed by atoms with Crippen molar-refractivity contribution in [1.29, 1.82) is 0 Å². The van der Waals surface area contributed by atoms with E-state index in [1.807, 2.05) is 7.05 Å². The van der Waals surface area contributed by atoms with Gasteiger partial charge in [-0.05, 0) is 52.0 Å². The van der Waals surface area contributed by atoms with Crippen LogP contribution in [0.25, 0.3) is 10.2 Å². The lowest BCUT2D eigenvalue weighted by Gasteiger charge is -2.27. The van der Waals surface area contributed by atoms with E-state index in [1.165, 1.54) is 23.3 Å². The smallest absolute Gasteiger partial charge is 0.164 e. The molecule has 1 fully saturated rings. The minimum atomic E-state index is -0.277. The molecule has 2 aromatic rings. The van der Waals surface area contributed by atoms with Crippen molar-refractivity contribution in [3.63, 3.8) is 0 Å². The molecule has 2 aromatic heterocycles. The summed E-state index contributed by atoms with van der Waals surface area (Å²) in [7, 11) is 1.93. The standard InChI is InChI=1S/C16H23N3OS/c1-5-20-16(8-6-7-9-16)15-18-13(17-4)12-10(2)11(3)21-14(12)19-15/h5-9H2,1-4H3,(H,17,18,19). The molecule has 1 aliphatic carbocycles. The van der Waals surface area contributed by atoms with Gasteiger partial charge in [0.05, 0.1) is 5.39 Å². The van der Waals surface area contributed by atoms with Crippen LogP contribution in [0, 0.1) is 13.8 Å². The normalized spacial score (nSPS) is 17.5. The maximum atomic E-state index is 6.11. The van der Waals surface area contributed by atoms with E-state index in [-0.39, 0.29) is 5.60 Å². The van der Waals surface area contributed by atoms with Crippen molar-refractivity contribution in [3.8, 4) is 0 Å². The van der Waals surface area contributed by atoms with Crippen LogP contribution < -0.4 is 5.32 Å². The average Bonchev–Trinajstić information content (AvgIpc) is 3.05. The lowest BCUT2D eigenvalue weighted by Crippen LogP contribution is -2.29. The van der Waals surface area contributed by atoms with Gasteiger partial charge in [-0.2, -0.15) is 0 Å². The molecule has 1 aliphatic rings. The van der Waals surface area contributed by atoms with Gasteiger partial charge in [-0.3, -0.25) is 0 Å². The quantitative estimate of drug-likeness (QED) is 0.921. The second-order valence-electron chi connectivity index (χ2n) is 5.74. The molecule has 2 heterocycles. The molecule has 0 atom stereocenters. The fourth-order valence-electron chi connectivity index (χ4n) is 3.29. The zero-order valence-electron chi connectivity index (χ0n) is 13.2. The van der Waals surface area contributed by atoms with E-state index in [4.69, 9.17) is 14.7 Å². The third-order valence-electron chi connectivity index (χ3n) is 4.50. The van der Waals surface area contributed by atoms with Gasteiger partial charge in [0, 0.05) is 18.5 Å². The fourth-order valence-corrected chi connectivity index (χ4v) is 4.32. The number of hydrogen-bond donors (Lipinski definition) is 1. The van der Waals surface area contributed by atoms with Crippen LogP contribution >= 0.6 is 11.3 Å². The van der Waals surface area contributed by atoms with E-state index in [2.05, 4.69) is 26.1 Å². The molecular weight excluding hydrogens is 282 g/mol. The number of ether oxygens (including phenoxy) is 1. The number of aromatic nitrogens is 2. The molecule has 114 valence electrons. The highest BCUT2D eigenvalue weighted by atomic mass is 32.1. The molecule has 0 aromatic carbocycles. The first-order chi connectivity index (χ1) is 10.1. The Kier molecular flexibility index (Phi) is 3.88. The highest BCUT2D eigenvalue weighted by Gasteiger charge is 2.40. The Morgan fingerprint density at radius 3 is 2.57 bits per heavy atom. The molecule has 5 heteroatoms. The first-order valence-electron chi connectivity index (χ1n) is 7.71. The molecule has 0 spiro atoms. The second kappa shape index (κ2) is 5.54. The molecule has 0 unspecified atom stereocenters. The van der Waals surface area contributed by atoms with Gasteiger partial charge in [0.2, 0.25) is 0 Å². The third-order valence-corrected chi connectivity index (χ3v) is 5.61. The number of nitrogens with one attached hydrogen (secondary N) is 1. The Bertz CT molecular complexity index is 659. The summed E-state index contributed by atoms with van der Waals surface area (Å²) in [5.74, 6) is 1.79. The molecule has 21 heavy (non-hydrogen) atoms. The molecule has 3 rings (SSSR count). The topological polar surface area (TPSA) is 47.0 Å². The SMILES string of the molecule is CCOC1(c2nc(NC)c3c(C)c(C)sc3n2)CCCC1. The number of hydrogen-bond acceptors (Lipinski definition) is 5. The van der Waals surface area contributed by atoms with Crippen LogP contribution in [-0.2, 0) is 10.3 Å². The molecule has 0 aliphatic heterocycles. The van der Waals surface area contributed by atoms with Crippen LogP contribution in [0.15, 0.2) is 0 Å². The number of aryl methyl sites for hydroxylation is 2. The molecule has 0 saturated heterocycles. The van der Waals surface area contributed by atoms with Gasteiger partial charge in [0.25, 0.3) is 0 Å². The number of anilines is 1. The van der Waals surface area contributed by atoms with Crippen LogP contribution in [-0.4, -0.2) is 23.6 Å². The van der Waals surface area contributed by atoms with E-state index < -0.39 is 0 Å². The number of nitrogens with zero attached hydrogens (tertiary/aromatic N) is 2. The highest BCUT2D eigenvalue weighted by molar-refractivity contribution is 7.18. The third kappa shape index (κ3) is 2.32. The van der Waals surface area contributed by atoms with Crippen molar-refractivity contribution < 1.29 is 4.74 Å². The first kappa shape index (κ1) is 14.7. The van der Waals surface area contributed by atoms with Crippen molar-refractivity contribution in [2.75, 3.05) is 19.0 Å². The zero-order chi connectivity index (χ0) is 15.0.